The molecular weight excluding hydrogens is 661 g/mol. The molecule has 0 saturated carbocycles. The summed E-state index contributed by atoms with van der Waals surface area (Å²) in [6, 6.07) is 72.1. The van der Waals surface area contributed by atoms with E-state index in [0.29, 0.717) is 0 Å². The Kier molecular flexibility index (Phi) is 15.3. The first-order chi connectivity index (χ1) is 26.9. The van der Waals surface area contributed by atoms with Gasteiger partial charge < -0.3 is 0 Å². The minimum absolute atomic E-state index is 1.01. The van der Waals surface area contributed by atoms with Gasteiger partial charge in [-0.2, -0.15) is 0 Å². The fourth-order valence-electron chi connectivity index (χ4n) is 5.87. The van der Waals surface area contributed by atoms with Crippen LogP contribution in [0.5, 0.6) is 0 Å². The minimum Gasteiger partial charge on any atom is -0.0912 e. The molecular formula is C55H52. The molecule has 0 saturated heterocycles. The second-order valence-corrected chi connectivity index (χ2v) is 13.6. The van der Waals surface area contributed by atoms with E-state index in [1.165, 1.54) is 60.8 Å². The summed E-state index contributed by atoms with van der Waals surface area (Å²) in [7, 11) is 0. The van der Waals surface area contributed by atoms with E-state index < -0.39 is 0 Å². The van der Waals surface area contributed by atoms with Crippen LogP contribution in [-0.4, -0.2) is 0 Å². The SMILES string of the molecule is C=C(/C=C/c1ccccc1)c1ccc(-c2ccc3ccc(-c4ccc(C)cc4)cc3c2)cc1.CCc1ccccc1.Cc1ccccc1.Cc1ccccc1. The summed E-state index contributed by atoms with van der Waals surface area (Å²) in [5, 5.41) is 2.51. The van der Waals surface area contributed by atoms with Gasteiger partial charge in [0, 0.05) is 0 Å². The summed E-state index contributed by atoms with van der Waals surface area (Å²) in [4.78, 5) is 0. The number of fused-ring (bicyclic) bond motifs is 1. The number of benzene rings is 8. The lowest BCUT2D eigenvalue weighted by molar-refractivity contribution is 1.14. The monoisotopic (exact) mass is 712 g/mol. The van der Waals surface area contributed by atoms with Crippen molar-refractivity contribution in [2.75, 3.05) is 0 Å². The predicted octanol–water partition coefficient (Wildman–Crippen LogP) is 15.4. The van der Waals surface area contributed by atoms with Gasteiger partial charge in [0.25, 0.3) is 0 Å². The molecule has 272 valence electrons. The van der Waals surface area contributed by atoms with E-state index in [1.54, 1.807) is 0 Å². The predicted molar refractivity (Wildman–Crippen MR) is 242 cm³/mol. The van der Waals surface area contributed by atoms with Crippen molar-refractivity contribution in [3.63, 3.8) is 0 Å². The van der Waals surface area contributed by atoms with Crippen molar-refractivity contribution in [2.45, 2.75) is 34.1 Å². The zero-order chi connectivity index (χ0) is 38.7. The summed E-state index contributed by atoms with van der Waals surface area (Å²) in [6.07, 6.45) is 5.32. The normalized spacial score (nSPS) is 10.3. The van der Waals surface area contributed by atoms with Crippen LogP contribution in [0.15, 0.2) is 219 Å². The maximum absolute atomic E-state index is 4.24. The van der Waals surface area contributed by atoms with E-state index in [-0.39, 0.29) is 0 Å². The van der Waals surface area contributed by atoms with E-state index in [9.17, 15) is 0 Å². The van der Waals surface area contributed by atoms with E-state index >= 15 is 0 Å². The number of rotatable bonds is 6. The number of hydrogen-bond acceptors (Lipinski definition) is 0. The largest absolute Gasteiger partial charge is 0.0912 e. The molecule has 0 aliphatic carbocycles. The molecule has 0 N–H and O–H groups in total. The summed E-state index contributed by atoms with van der Waals surface area (Å²) in [6.45, 7) is 12.7. The zero-order valence-electron chi connectivity index (χ0n) is 32.7. The van der Waals surface area contributed by atoms with E-state index in [2.05, 4.69) is 192 Å². The molecule has 0 unspecified atom stereocenters. The molecule has 55 heavy (non-hydrogen) atoms. The van der Waals surface area contributed by atoms with E-state index in [0.717, 1.165) is 17.6 Å². The standard InChI is InChI=1S/C33H26.C8H10.2C7H8/c1-24-8-12-28(13-9-24)31-20-18-30-19-21-32(23-33(30)22-31)29-16-14-27(15-17-29)25(2)10-11-26-6-4-3-5-7-26;1-2-8-6-4-3-5-7-8;2*1-7-5-3-2-4-6-7/h3-23H,2H2,1H3;3-7H,2H2,1H3;2*2-6H,1H3/b11-10+;;;. The van der Waals surface area contributed by atoms with Gasteiger partial charge in [-0.3, -0.25) is 0 Å². The van der Waals surface area contributed by atoms with Gasteiger partial charge in [-0.25, -0.2) is 0 Å². The molecule has 0 nitrogen and oxygen atoms in total. The average Bonchev–Trinajstić information content (AvgIpc) is 3.24. The lowest BCUT2D eigenvalue weighted by Crippen LogP contribution is -1.84. The quantitative estimate of drug-likeness (QED) is 0.151. The molecule has 0 amide bonds. The molecule has 0 radical (unpaired) electrons. The van der Waals surface area contributed by atoms with Crippen LogP contribution < -0.4 is 0 Å². The van der Waals surface area contributed by atoms with Crippen molar-refractivity contribution < 1.29 is 0 Å². The third kappa shape index (κ3) is 13.1. The summed E-state index contributed by atoms with van der Waals surface area (Å²) >= 11 is 0. The van der Waals surface area contributed by atoms with Crippen molar-refractivity contribution in [3.8, 4) is 22.3 Å². The van der Waals surface area contributed by atoms with Crippen molar-refractivity contribution in [1.82, 2.24) is 0 Å². The van der Waals surface area contributed by atoms with Gasteiger partial charge in [-0.1, -0.05) is 236 Å². The van der Waals surface area contributed by atoms with Gasteiger partial charge in [0.2, 0.25) is 0 Å². The third-order valence-electron chi connectivity index (χ3n) is 9.22. The van der Waals surface area contributed by atoms with Crippen LogP contribution in [-0.2, 0) is 6.42 Å². The third-order valence-corrected chi connectivity index (χ3v) is 9.22. The number of hydrogen-bond donors (Lipinski definition) is 0. The van der Waals surface area contributed by atoms with Crippen LogP contribution in [0, 0.1) is 20.8 Å². The summed E-state index contributed by atoms with van der Waals surface area (Å²) in [5.74, 6) is 0. The molecule has 0 spiro atoms. The van der Waals surface area contributed by atoms with Crippen molar-refractivity contribution >= 4 is 22.4 Å². The van der Waals surface area contributed by atoms with Crippen molar-refractivity contribution in [2.24, 2.45) is 0 Å². The van der Waals surface area contributed by atoms with Crippen LogP contribution in [0.2, 0.25) is 0 Å². The molecule has 0 heteroatoms. The van der Waals surface area contributed by atoms with Crippen LogP contribution in [0.3, 0.4) is 0 Å². The molecule has 0 atom stereocenters. The lowest BCUT2D eigenvalue weighted by atomic mass is 9.96. The van der Waals surface area contributed by atoms with Gasteiger partial charge in [-0.05, 0) is 94.6 Å². The molecule has 0 aliphatic rings. The van der Waals surface area contributed by atoms with Gasteiger partial charge >= 0.3 is 0 Å². The highest BCUT2D eigenvalue weighted by Gasteiger charge is 2.04. The smallest absolute Gasteiger partial charge is 0.0172 e. The Bertz CT molecular complexity index is 2300. The highest BCUT2D eigenvalue weighted by molar-refractivity contribution is 5.91. The fraction of sp³-hybridized carbons (Fsp3) is 0.0909. The molecule has 0 heterocycles. The molecule has 8 rings (SSSR count). The van der Waals surface area contributed by atoms with Crippen LogP contribution in [0.1, 0.15) is 40.3 Å². The van der Waals surface area contributed by atoms with E-state index in [1.807, 2.05) is 60.7 Å². The van der Waals surface area contributed by atoms with Gasteiger partial charge in [0.1, 0.15) is 0 Å². The zero-order valence-corrected chi connectivity index (χ0v) is 32.7. The molecule has 0 aliphatic heterocycles. The van der Waals surface area contributed by atoms with E-state index in [4.69, 9.17) is 0 Å². The fourth-order valence-corrected chi connectivity index (χ4v) is 5.87. The molecule has 8 aromatic carbocycles. The second kappa shape index (κ2) is 21.3. The topological polar surface area (TPSA) is 0 Å². The Balaban J connectivity index is 0.000000211. The highest BCUT2D eigenvalue weighted by atomic mass is 14.1. The van der Waals surface area contributed by atoms with Crippen LogP contribution >= 0.6 is 0 Å². The van der Waals surface area contributed by atoms with Crippen molar-refractivity contribution in [3.05, 3.63) is 252 Å². The van der Waals surface area contributed by atoms with Gasteiger partial charge in [0.15, 0.2) is 0 Å². The Morgan fingerprint density at radius 1 is 0.418 bits per heavy atom. The molecule has 0 bridgehead atoms. The Labute approximate surface area is 329 Å². The molecule has 0 aromatic heterocycles. The Morgan fingerprint density at radius 3 is 1.24 bits per heavy atom. The highest BCUT2D eigenvalue weighted by Crippen LogP contribution is 2.30. The number of allylic oxidation sites excluding steroid dienone is 2. The number of aryl methyl sites for hydroxylation is 4. The van der Waals surface area contributed by atoms with Crippen LogP contribution in [0.25, 0.3) is 44.7 Å². The lowest BCUT2D eigenvalue weighted by Gasteiger charge is -2.08. The van der Waals surface area contributed by atoms with Gasteiger partial charge in [-0.15, -0.1) is 0 Å². The Hall–Kier alpha value is -6.50. The second-order valence-electron chi connectivity index (χ2n) is 13.6. The summed E-state index contributed by atoms with van der Waals surface area (Å²) < 4.78 is 0. The first-order valence-corrected chi connectivity index (χ1v) is 19.1. The first-order valence-electron chi connectivity index (χ1n) is 19.1. The van der Waals surface area contributed by atoms with Crippen molar-refractivity contribution in [1.29, 1.82) is 0 Å². The average molecular weight is 713 g/mol. The maximum atomic E-state index is 4.24. The first kappa shape index (κ1) is 39.7. The van der Waals surface area contributed by atoms with Crippen LogP contribution in [0.4, 0.5) is 0 Å². The molecule has 8 aromatic rings. The molecule has 0 fully saturated rings. The summed E-state index contributed by atoms with van der Waals surface area (Å²) in [5.41, 5.74) is 13.6. The van der Waals surface area contributed by atoms with Gasteiger partial charge in [0.05, 0.1) is 0 Å². The Morgan fingerprint density at radius 2 is 0.818 bits per heavy atom. The maximum Gasteiger partial charge on any atom is -0.0172 e. The minimum atomic E-state index is 1.01.